The normalized spacial score (nSPS) is 10.8. The molecule has 0 spiro atoms. The topological polar surface area (TPSA) is 55.1 Å². The number of nitrogens with zero attached hydrogens (tertiary/aromatic N) is 2. The van der Waals surface area contributed by atoms with Gasteiger partial charge in [0.2, 0.25) is 0 Å². The van der Waals surface area contributed by atoms with Gasteiger partial charge in [-0.3, -0.25) is 9.36 Å². The van der Waals surface area contributed by atoms with Crippen LogP contribution >= 0.6 is 11.8 Å². The molecule has 21 heavy (non-hydrogen) atoms. The number of carboxylic acid groups (broad SMARTS) is 1. The van der Waals surface area contributed by atoms with Gasteiger partial charge >= 0.3 is 5.97 Å². The highest BCUT2D eigenvalue weighted by Crippen LogP contribution is 2.28. The molecule has 0 saturated carbocycles. The molecule has 0 aliphatic heterocycles. The van der Waals surface area contributed by atoms with Gasteiger partial charge in [0.25, 0.3) is 0 Å². The van der Waals surface area contributed by atoms with Crippen LogP contribution in [0.15, 0.2) is 29.6 Å². The zero-order valence-electron chi connectivity index (χ0n) is 12.6. The third-order valence-electron chi connectivity index (χ3n) is 3.42. The fourth-order valence-corrected chi connectivity index (χ4v) is 3.13. The van der Waals surface area contributed by atoms with E-state index in [0.29, 0.717) is 0 Å². The summed E-state index contributed by atoms with van der Waals surface area (Å²) in [7, 11) is 0. The van der Waals surface area contributed by atoms with Crippen molar-refractivity contribution in [1.29, 1.82) is 0 Å². The van der Waals surface area contributed by atoms with Crippen molar-refractivity contribution in [2.75, 3.05) is 5.75 Å². The van der Waals surface area contributed by atoms with Crippen molar-refractivity contribution < 1.29 is 9.90 Å². The summed E-state index contributed by atoms with van der Waals surface area (Å²) in [6.45, 7) is 6.30. The van der Waals surface area contributed by atoms with Crippen LogP contribution in [0, 0.1) is 6.92 Å². The first kappa shape index (κ1) is 15.6. The van der Waals surface area contributed by atoms with Crippen LogP contribution in [-0.2, 0) is 17.6 Å². The molecule has 1 aromatic heterocycles. The van der Waals surface area contributed by atoms with E-state index < -0.39 is 5.97 Å². The Morgan fingerprint density at radius 2 is 2.10 bits per heavy atom. The Labute approximate surface area is 129 Å². The van der Waals surface area contributed by atoms with Crippen molar-refractivity contribution in [2.45, 2.75) is 38.8 Å². The van der Waals surface area contributed by atoms with Gasteiger partial charge in [0.05, 0.1) is 11.4 Å². The number of rotatable bonds is 6. The van der Waals surface area contributed by atoms with E-state index in [9.17, 15) is 4.79 Å². The smallest absolute Gasteiger partial charge is 0.313 e. The zero-order valence-corrected chi connectivity index (χ0v) is 13.4. The molecule has 112 valence electrons. The Morgan fingerprint density at radius 3 is 2.71 bits per heavy atom. The van der Waals surface area contributed by atoms with Crippen molar-refractivity contribution in [3.63, 3.8) is 0 Å². The third kappa shape index (κ3) is 3.29. The van der Waals surface area contributed by atoms with Gasteiger partial charge < -0.3 is 5.11 Å². The first-order valence-corrected chi connectivity index (χ1v) is 8.07. The molecule has 0 unspecified atom stereocenters. The van der Waals surface area contributed by atoms with E-state index in [2.05, 4.69) is 48.5 Å². The number of benzene rings is 1. The fraction of sp³-hybridized carbons (Fsp3) is 0.375. The highest BCUT2D eigenvalue weighted by Gasteiger charge is 2.16. The van der Waals surface area contributed by atoms with E-state index in [4.69, 9.17) is 5.11 Å². The van der Waals surface area contributed by atoms with Crippen LogP contribution in [0.5, 0.6) is 0 Å². The summed E-state index contributed by atoms with van der Waals surface area (Å²) in [5, 5.41) is 9.65. The summed E-state index contributed by atoms with van der Waals surface area (Å²) in [6, 6.07) is 6.26. The average molecular weight is 304 g/mol. The number of hydrogen-bond acceptors (Lipinski definition) is 3. The van der Waals surface area contributed by atoms with Crippen molar-refractivity contribution in [2.24, 2.45) is 0 Å². The van der Waals surface area contributed by atoms with Crippen molar-refractivity contribution in [1.82, 2.24) is 9.55 Å². The Hall–Kier alpha value is -1.75. The number of aromatic nitrogens is 2. The molecule has 4 nitrogen and oxygen atoms in total. The summed E-state index contributed by atoms with van der Waals surface area (Å²) < 4.78 is 2.11. The Kier molecular flexibility index (Phi) is 5.07. The number of para-hydroxylation sites is 1. The number of carbonyl (C=O) groups is 1. The fourth-order valence-electron chi connectivity index (χ4n) is 2.41. The monoisotopic (exact) mass is 304 g/mol. The summed E-state index contributed by atoms with van der Waals surface area (Å²) in [5.74, 6) is -0.804. The molecule has 2 aromatic rings. The predicted molar refractivity (Wildman–Crippen MR) is 85.4 cm³/mol. The van der Waals surface area contributed by atoms with E-state index in [1.165, 1.54) is 22.9 Å². The maximum Gasteiger partial charge on any atom is 0.313 e. The van der Waals surface area contributed by atoms with E-state index in [1.54, 1.807) is 0 Å². The average Bonchev–Trinajstić information content (AvgIpc) is 2.87. The number of hydrogen-bond donors (Lipinski definition) is 1. The van der Waals surface area contributed by atoms with Gasteiger partial charge in [-0.1, -0.05) is 43.8 Å². The minimum atomic E-state index is -0.826. The molecule has 0 bridgehead atoms. The third-order valence-corrected chi connectivity index (χ3v) is 4.35. The van der Waals surface area contributed by atoms with Gasteiger partial charge in [0.1, 0.15) is 0 Å². The molecule has 0 radical (unpaired) electrons. The molecular formula is C16H20N2O2S. The van der Waals surface area contributed by atoms with Crippen LogP contribution in [-0.4, -0.2) is 26.4 Å². The predicted octanol–water partition coefficient (Wildman–Crippen LogP) is 3.48. The molecule has 0 fully saturated rings. The van der Waals surface area contributed by atoms with E-state index in [1.807, 2.05) is 6.20 Å². The molecule has 1 heterocycles. The second-order valence-corrected chi connectivity index (χ2v) is 5.78. The van der Waals surface area contributed by atoms with E-state index in [-0.39, 0.29) is 5.75 Å². The summed E-state index contributed by atoms with van der Waals surface area (Å²) >= 11 is 1.27. The van der Waals surface area contributed by atoms with Gasteiger partial charge in [-0.05, 0) is 30.9 Å². The lowest BCUT2D eigenvalue weighted by Crippen LogP contribution is -2.08. The zero-order chi connectivity index (χ0) is 15.4. The minimum absolute atomic E-state index is 0.0213. The molecular weight excluding hydrogens is 284 g/mol. The van der Waals surface area contributed by atoms with E-state index in [0.717, 1.165) is 29.4 Å². The maximum absolute atomic E-state index is 10.8. The van der Waals surface area contributed by atoms with Gasteiger partial charge in [-0.25, -0.2) is 4.98 Å². The first-order valence-electron chi connectivity index (χ1n) is 7.08. The lowest BCUT2D eigenvalue weighted by atomic mass is 10.1. The minimum Gasteiger partial charge on any atom is -0.481 e. The molecule has 5 heteroatoms. The Morgan fingerprint density at radius 1 is 1.33 bits per heavy atom. The Balaban J connectivity index is 2.56. The largest absolute Gasteiger partial charge is 0.481 e. The highest BCUT2D eigenvalue weighted by molar-refractivity contribution is 7.99. The maximum atomic E-state index is 10.8. The van der Waals surface area contributed by atoms with Gasteiger partial charge in [-0.2, -0.15) is 0 Å². The quantitative estimate of drug-likeness (QED) is 0.830. The van der Waals surface area contributed by atoms with E-state index >= 15 is 0 Å². The number of thioether (sulfide) groups is 1. The number of imidazole rings is 1. The van der Waals surface area contributed by atoms with Crippen LogP contribution in [0.1, 0.15) is 30.7 Å². The highest BCUT2D eigenvalue weighted by atomic mass is 32.2. The van der Waals surface area contributed by atoms with Crippen LogP contribution < -0.4 is 0 Å². The van der Waals surface area contributed by atoms with Gasteiger partial charge in [0, 0.05) is 11.9 Å². The SMILES string of the molecule is CCc1cccc(C)c1-n1c(CC)cnc1SCC(=O)O. The summed E-state index contributed by atoms with van der Waals surface area (Å²) in [5.41, 5.74) is 4.67. The molecule has 0 atom stereocenters. The summed E-state index contributed by atoms with van der Waals surface area (Å²) in [6.07, 6.45) is 3.63. The molecule has 2 rings (SSSR count). The van der Waals surface area contributed by atoms with Crippen LogP contribution in [0.25, 0.3) is 5.69 Å². The standard InChI is InChI=1S/C16H20N2O2S/c1-4-12-8-6-7-11(3)15(12)18-13(5-2)9-17-16(18)21-10-14(19)20/h6-9H,4-5,10H2,1-3H3,(H,19,20). The first-order chi connectivity index (χ1) is 10.1. The molecule has 0 amide bonds. The van der Waals surface area contributed by atoms with Crippen LogP contribution in [0.2, 0.25) is 0 Å². The second-order valence-electron chi connectivity index (χ2n) is 4.84. The number of carboxylic acids is 1. The van der Waals surface area contributed by atoms with Gasteiger partial charge in [0.15, 0.2) is 5.16 Å². The van der Waals surface area contributed by atoms with Gasteiger partial charge in [-0.15, -0.1) is 0 Å². The van der Waals surface area contributed by atoms with Crippen LogP contribution in [0.3, 0.4) is 0 Å². The lowest BCUT2D eigenvalue weighted by Gasteiger charge is -2.17. The molecule has 0 saturated heterocycles. The number of aryl methyl sites for hydroxylation is 3. The molecule has 1 aromatic carbocycles. The van der Waals surface area contributed by atoms with Crippen molar-refractivity contribution >= 4 is 17.7 Å². The lowest BCUT2D eigenvalue weighted by molar-refractivity contribution is -0.133. The Bertz CT molecular complexity index is 650. The second kappa shape index (κ2) is 6.80. The van der Waals surface area contributed by atoms with Crippen molar-refractivity contribution in [3.8, 4) is 5.69 Å². The molecule has 1 N–H and O–H groups in total. The van der Waals surface area contributed by atoms with Crippen LogP contribution in [0.4, 0.5) is 0 Å². The van der Waals surface area contributed by atoms with Crippen molar-refractivity contribution in [3.05, 3.63) is 41.2 Å². The summed E-state index contributed by atoms with van der Waals surface area (Å²) in [4.78, 5) is 15.2. The number of aliphatic carboxylic acids is 1. The molecule has 0 aliphatic rings. The molecule has 0 aliphatic carbocycles.